The molecule has 8 heteroatoms. The van der Waals surface area contributed by atoms with E-state index in [0.29, 0.717) is 42.7 Å². The van der Waals surface area contributed by atoms with Crippen LogP contribution in [-0.2, 0) is 32.6 Å². The van der Waals surface area contributed by atoms with Crippen molar-refractivity contribution in [3.05, 3.63) is 89.7 Å². The molecular formula is C30H34FNO5S. The summed E-state index contributed by atoms with van der Waals surface area (Å²) >= 11 is 0. The Hall–Kier alpha value is -3.23. The van der Waals surface area contributed by atoms with Gasteiger partial charge >= 0.3 is 5.97 Å². The topological polar surface area (TPSA) is 81.7 Å². The number of para-hydroxylation sites is 1. The molecule has 6 nitrogen and oxygen atoms in total. The first-order chi connectivity index (χ1) is 18.1. The van der Waals surface area contributed by atoms with Crippen LogP contribution in [0, 0.1) is 17.2 Å². The molecule has 0 aliphatic heterocycles. The summed E-state index contributed by atoms with van der Waals surface area (Å²) < 4.78 is 53.2. The van der Waals surface area contributed by atoms with Crippen molar-refractivity contribution in [3.63, 3.8) is 0 Å². The van der Waals surface area contributed by atoms with Gasteiger partial charge in [0.1, 0.15) is 18.2 Å². The monoisotopic (exact) mass is 539 g/mol. The largest absolute Gasteiger partial charge is 0.488 e. The fourth-order valence-corrected chi connectivity index (χ4v) is 6.26. The van der Waals surface area contributed by atoms with Crippen LogP contribution in [0.1, 0.15) is 37.8 Å². The molecule has 3 aromatic carbocycles. The van der Waals surface area contributed by atoms with Crippen LogP contribution in [0.3, 0.4) is 0 Å². The summed E-state index contributed by atoms with van der Waals surface area (Å²) in [4.78, 5) is 13.2. The van der Waals surface area contributed by atoms with E-state index in [1.807, 2.05) is 61.5 Å². The molecule has 1 fully saturated rings. The summed E-state index contributed by atoms with van der Waals surface area (Å²) in [6, 6.07) is 21.5. The highest BCUT2D eigenvalue weighted by molar-refractivity contribution is 7.88. The average molecular weight is 540 g/mol. The van der Waals surface area contributed by atoms with E-state index < -0.39 is 21.3 Å². The lowest BCUT2D eigenvalue weighted by Crippen LogP contribution is -2.38. The molecule has 0 bridgehead atoms. The molecule has 0 heterocycles. The summed E-state index contributed by atoms with van der Waals surface area (Å²) in [5.74, 6) is -0.270. The van der Waals surface area contributed by atoms with E-state index in [0.717, 1.165) is 17.4 Å². The van der Waals surface area contributed by atoms with Gasteiger partial charge in [0.25, 0.3) is 0 Å². The van der Waals surface area contributed by atoms with E-state index >= 15 is 4.39 Å². The molecule has 3 aromatic rings. The summed E-state index contributed by atoms with van der Waals surface area (Å²) in [6.45, 7) is 4.25. The second kappa shape index (κ2) is 11.7. The van der Waals surface area contributed by atoms with Gasteiger partial charge in [-0.15, -0.1) is 0 Å². The Morgan fingerprint density at radius 3 is 2.42 bits per heavy atom. The fourth-order valence-electron chi connectivity index (χ4n) is 5.39. The molecule has 1 saturated carbocycles. The summed E-state index contributed by atoms with van der Waals surface area (Å²) in [6.07, 6.45) is 2.19. The Bertz CT molecular complexity index is 1380. The first-order valence-corrected chi connectivity index (χ1v) is 14.7. The molecule has 3 atom stereocenters. The highest BCUT2D eigenvalue weighted by Crippen LogP contribution is 2.46. The minimum absolute atomic E-state index is 0.0684. The SMILES string of the molecule is CCOC(=O)[C@@]1(Cc2ccc(F)c(-c3ccccc3OCc3ccccc3)c2)C[C@@H](C)[C@H](NS(C)(=O)=O)C1. The number of halogens is 1. The third-order valence-electron chi connectivity index (χ3n) is 7.07. The Morgan fingerprint density at radius 1 is 1.00 bits per heavy atom. The highest BCUT2D eigenvalue weighted by atomic mass is 32.2. The van der Waals surface area contributed by atoms with Crippen LogP contribution in [-0.4, -0.2) is 33.3 Å². The Labute approximate surface area is 224 Å². The van der Waals surface area contributed by atoms with Gasteiger partial charge in [0.15, 0.2) is 0 Å². The van der Waals surface area contributed by atoms with Crippen LogP contribution in [0.2, 0.25) is 0 Å². The lowest BCUT2D eigenvalue weighted by Gasteiger charge is -2.27. The Balaban J connectivity index is 1.64. The number of hydrogen-bond donors (Lipinski definition) is 1. The first kappa shape index (κ1) is 27.8. The van der Waals surface area contributed by atoms with Crippen molar-refractivity contribution < 1.29 is 27.1 Å². The molecule has 0 saturated heterocycles. The van der Waals surface area contributed by atoms with E-state index in [-0.39, 0.29) is 24.5 Å². The number of nitrogens with one attached hydrogen (secondary N) is 1. The van der Waals surface area contributed by atoms with E-state index in [9.17, 15) is 13.2 Å². The van der Waals surface area contributed by atoms with Gasteiger partial charge in [0.05, 0.1) is 18.3 Å². The number of hydrogen-bond acceptors (Lipinski definition) is 5. The lowest BCUT2D eigenvalue weighted by atomic mass is 9.78. The van der Waals surface area contributed by atoms with Crippen molar-refractivity contribution >= 4 is 16.0 Å². The number of carbonyl (C=O) groups is 1. The highest BCUT2D eigenvalue weighted by Gasteiger charge is 2.50. The molecule has 1 aliphatic rings. The molecule has 1 aliphatic carbocycles. The molecule has 0 spiro atoms. The van der Waals surface area contributed by atoms with E-state index in [1.165, 1.54) is 6.07 Å². The number of esters is 1. The van der Waals surface area contributed by atoms with Crippen molar-refractivity contribution in [1.82, 2.24) is 4.72 Å². The molecule has 0 unspecified atom stereocenters. The Kier molecular flexibility index (Phi) is 8.53. The number of benzene rings is 3. The number of sulfonamides is 1. The third kappa shape index (κ3) is 6.60. The zero-order chi connectivity index (χ0) is 27.3. The van der Waals surface area contributed by atoms with Gasteiger partial charge < -0.3 is 9.47 Å². The van der Waals surface area contributed by atoms with Crippen LogP contribution >= 0.6 is 0 Å². The van der Waals surface area contributed by atoms with Crippen LogP contribution < -0.4 is 9.46 Å². The quantitative estimate of drug-likeness (QED) is 0.344. The third-order valence-corrected chi connectivity index (χ3v) is 7.80. The second-order valence-electron chi connectivity index (χ2n) is 10.1. The van der Waals surface area contributed by atoms with E-state index in [1.54, 1.807) is 19.1 Å². The predicted octanol–water partition coefficient (Wildman–Crippen LogP) is 5.51. The Morgan fingerprint density at radius 2 is 1.71 bits per heavy atom. The maximum atomic E-state index is 15.2. The van der Waals surface area contributed by atoms with Gasteiger partial charge in [0.2, 0.25) is 10.0 Å². The summed E-state index contributed by atoms with van der Waals surface area (Å²) in [5, 5.41) is 0. The molecule has 0 amide bonds. The number of ether oxygens (including phenoxy) is 2. The molecular weight excluding hydrogens is 505 g/mol. The number of carbonyl (C=O) groups excluding carboxylic acids is 1. The maximum Gasteiger partial charge on any atom is 0.312 e. The van der Waals surface area contributed by atoms with E-state index in [4.69, 9.17) is 9.47 Å². The summed E-state index contributed by atoms with van der Waals surface area (Å²) in [7, 11) is -3.45. The van der Waals surface area contributed by atoms with Gasteiger partial charge in [0, 0.05) is 17.2 Å². The zero-order valence-corrected chi connectivity index (χ0v) is 22.8. The van der Waals surface area contributed by atoms with Gasteiger partial charge in [-0.3, -0.25) is 4.79 Å². The fraction of sp³-hybridized carbons (Fsp3) is 0.367. The predicted molar refractivity (Wildman–Crippen MR) is 146 cm³/mol. The van der Waals surface area contributed by atoms with Crippen LogP contribution in [0.4, 0.5) is 4.39 Å². The van der Waals surface area contributed by atoms with Gasteiger partial charge in [-0.25, -0.2) is 17.5 Å². The normalized spacial score (nSPS) is 21.3. The van der Waals surface area contributed by atoms with Crippen LogP contribution in [0.15, 0.2) is 72.8 Å². The maximum absolute atomic E-state index is 15.2. The van der Waals surface area contributed by atoms with E-state index in [2.05, 4.69) is 4.72 Å². The molecule has 1 N–H and O–H groups in total. The molecule has 0 radical (unpaired) electrons. The molecule has 4 rings (SSSR count). The first-order valence-electron chi connectivity index (χ1n) is 12.8. The second-order valence-corrected chi connectivity index (χ2v) is 11.9. The van der Waals surface area contributed by atoms with Crippen molar-refractivity contribution in [1.29, 1.82) is 0 Å². The van der Waals surface area contributed by atoms with Gasteiger partial charge in [-0.1, -0.05) is 61.5 Å². The average Bonchev–Trinajstić information content (AvgIpc) is 3.19. The van der Waals surface area contributed by atoms with Gasteiger partial charge in [-0.05, 0) is 61.4 Å². The molecule has 0 aromatic heterocycles. The van der Waals surface area contributed by atoms with Crippen LogP contribution in [0.5, 0.6) is 5.75 Å². The molecule has 38 heavy (non-hydrogen) atoms. The van der Waals surface area contributed by atoms with Crippen LogP contribution in [0.25, 0.3) is 11.1 Å². The van der Waals surface area contributed by atoms with Gasteiger partial charge in [-0.2, -0.15) is 0 Å². The smallest absolute Gasteiger partial charge is 0.312 e. The summed E-state index contributed by atoms with van der Waals surface area (Å²) in [5.41, 5.74) is 1.84. The zero-order valence-electron chi connectivity index (χ0n) is 21.9. The lowest BCUT2D eigenvalue weighted by molar-refractivity contribution is -0.155. The number of rotatable bonds is 10. The van der Waals surface area contributed by atoms with Crippen molar-refractivity contribution in [2.75, 3.05) is 12.9 Å². The standard InChI is InChI=1S/C30H34FNO5S/c1-4-36-29(33)30(17-21(2)27(19-30)32-38(3,34)35)18-23-14-15-26(31)25(16-23)24-12-8-9-13-28(24)37-20-22-10-6-5-7-11-22/h5-16,21,27,32H,4,17-20H2,1-3H3/t21-,27-,30-/m1/s1. The minimum Gasteiger partial charge on any atom is -0.488 e. The van der Waals surface area contributed by atoms with Crippen molar-refractivity contribution in [3.8, 4) is 16.9 Å². The molecule has 202 valence electrons. The van der Waals surface area contributed by atoms with Crippen molar-refractivity contribution in [2.45, 2.75) is 45.8 Å². The minimum atomic E-state index is -3.45. The van der Waals surface area contributed by atoms with Crippen molar-refractivity contribution in [2.24, 2.45) is 11.3 Å².